The fourth-order valence-electron chi connectivity index (χ4n) is 2.46. The van der Waals surface area contributed by atoms with Crippen molar-refractivity contribution in [1.82, 2.24) is 4.98 Å². The summed E-state index contributed by atoms with van der Waals surface area (Å²) in [6, 6.07) is 4.82. The Bertz CT molecular complexity index is 701. The van der Waals surface area contributed by atoms with Crippen LogP contribution in [-0.2, 0) is 4.79 Å². The van der Waals surface area contributed by atoms with Gasteiger partial charge in [0.15, 0.2) is 5.75 Å². The van der Waals surface area contributed by atoms with Crippen LogP contribution < -0.4 is 14.4 Å². The van der Waals surface area contributed by atoms with Crippen LogP contribution in [-0.4, -0.2) is 25.1 Å². The molecule has 1 unspecified atom stereocenters. The van der Waals surface area contributed by atoms with Crippen molar-refractivity contribution in [3.63, 3.8) is 0 Å². The Morgan fingerprint density at radius 3 is 2.77 bits per heavy atom. The summed E-state index contributed by atoms with van der Waals surface area (Å²) in [6.07, 6.45) is 3.95. The minimum Gasteiger partial charge on any atom is -0.494 e. The van der Waals surface area contributed by atoms with Gasteiger partial charge in [-0.3, -0.25) is 14.7 Å². The van der Waals surface area contributed by atoms with E-state index in [2.05, 4.69) is 4.98 Å². The second-order valence-corrected chi connectivity index (χ2v) is 5.52. The normalized spacial score (nSPS) is 16.7. The Hall–Kier alpha value is -1.98. The molecule has 114 valence electrons. The maximum Gasteiger partial charge on any atom is 0.214 e. The van der Waals surface area contributed by atoms with E-state index in [9.17, 15) is 4.79 Å². The fraction of sp³-hybridized carbons (Fsp3) is 0.200. The highest BCUT2D eigenvalue weighted by atomic mass is 35.5. The molecule has 0 aliphatic carbocycles. The Morgan fingerprint density at radius 2 is 2.14 bits per heavy atom. The molecule has 7 heteroatoms. The molecule has 1 aromatic carbocycles. The zero-order valence-electron chi connectivity index (χ0n) is 11.6. The molecular weight excluding hydrogens is 327 g/mol. The molecule has 0 saturated heterocycles. The predicted octanol–water partition coefficient (Wildman–Crippen LogP) is 3.49. The molecule has 1 aromatic heterocycles. The highest BCUT2D eigenvalue weighted by Gasteiger charge is 2.30. The molecule has 2 heterocycles. The first-order valence-corrected chi connectivity index (χ1v) is 7.24. The number of rotatable bonds is 3. The molecular formula is C15H12Cl2N2O3. The number of fused-ring (bicyclic) bond motifs is 1. The monoisotopic (exact) mass is 338 g/mol. The summed E-state index contributed by atoms with van der Waals surface area (Å²) in [5, 5.41) is 0.765. The lowest BCUT2D eigenvalue weighted by Gasteiger charge is -2.34. The van der Waals surface area contributed by atoms with Gasteiger partial charge in [0.05, 0.1) is 29.4 Å². The second-order valence-electron chi connectivity index (χ2n) is 4.70. The molecule has 0 radical (unpaired) electrons. The molecule has 0 saturated carbocycles. The van der Waals surface area contributed by atoms with Gasteiger partial charge in [0, 0.05) is 12.3 Å². The van der Waals surface area contributed by atoms with Crippen molar-refractivity contribution < 1.29 is 14.3 Å². The Labute approximate surface area is 137 Å². The largest absolute Gasteiger partial charge is 0.494 e. The summed E-state index contributed by atoms with van der Waals surface area (Å²) in [5.74, 6) is 1.02. The van der Waals surface area contributed by atoms with Gasteiger partial charge in [-0.05, 0) is 17.7 Å². The summed E-state index contributed by atoms with van der Waals surface area (Å²) in [4.78, 5) is 17.1. The molecule has 1 amide bonds. The van der Waals surface area contributed by atoms with Gasteiger partial charge in [0.2, 0.25) is 6.41 Å². The van der Waals surface area contributed by atoms with E-state index in [1.807, 2.05) is 0 Å². The molecule has 1 aliphatic rings. The van der Waals surface area contributed by atoms with Crippen molar-refractivity contribution in [3.8, 4) is 11.5 Å². The molecule has 5 nitrogen and oxygen atoms in total. The van der Waals surface area contributed by atoms with E-state index in [1.165, 1.54) is 7.11 Å². The molecule has 2 aromatic rings. The number of benzene rings is 1. The standard InChI is InChI=1S/C15H12Cl2N2O3/c1-21-15-10(16)4-9(5-11(15)17)13-7-22-14-2-3-18-6-12(14)19(13)8-20/h2-6,8,13H,7H2,1H3. The highest BCUT2D eigenvalue weighted by molar-refractivity contribution is 6.37. The number of nitrogens with zero attached hydrogens (tertiary/aromatic N) is 2. The van der Waals surface area contributed by atoms with Gasteiger partial charge in [-0.25, -0.2) is 0 Å². The predicted molar refractivity (Wildman–Crippen MR) is 84.0 cm³/mol. The third-order valence-electron chi connectivity index (χ3n) is 3.49. The van der Waals surface area contributed by atoms with Gasteiger partial charge in [-0.1, -0.05) is 23.2 Å². The van der Waals surface area contributed by atoms with Crippen LogP contribution in [0.1, 0.15) is 11.6 Å². The number of amides is 1. The zero-order chi connectivity index (χ0) is 15.7. The van der Waals surface area contributed by atoms with Gasteiger partial charge in [-0.2, -0.15) is 0 Å². The number of hydrogen-bond acceptors (Lipinski definition) is 4. The van der Waals surface area contributed by atoms with E-state index in [4.69, 9.17) is 32.7 Å². The first kappa shape index (κ1) is 14.9. The smallest absolute Gasteiger partial charge is 0.214 e. The number of aromatic nitrogens is 1. The van der Waals surface area contributed by atoms with Crippen LogP contribution in [0.2, 0.25) is 10.0 Å². The Balaban J connectivity index is 2.04. The summed E-state index contributed by atoms with van der Waals surface area (Å²) < 4.78 is 10.8. The number of ether oxygens (including phenoxy) is 2. The maximum absolute atomic E-state index is 11.6. The van der Waals surface area contributed by atoms with Crippen LogP contribution in [0.4, 0.5) is 5.69 Å². The van der Waals surface area contributed by atoms with Crippen molar-refractivity contribution in [2.24, 2.45) is 0 Å². The minimum atomic E-state index is -0.338. The average molecular weight is 339 g/mol. The number of methoxy groups -OCH3 is 1. The van der Waals surface area contributed by atoms with Crippen LogP contribution in [0, 0.1) is 0 Å². The average Bonchev–Trinajstić information content (AvgIpc) is 2.53. The van der Waals surface area contributed by atoms with E-state index in [0.717, 1.165) is 12.0 Å². The summed E-state index contributed by atoms with van der Waals surface area (Å²) in [7, 11) is 1.50. The van der Waals surface area contributed by atoms with Crippen LogP contribution in [0.3, 0.4) is 0 Å². The van der Waals surface area contributed by atoms with Gasteiger partial charge < -0.3 is 9.47 Å². The van der Waals surface area contributed by atoms with Crippen LogP contribution in [0.25, 0.3) is 0 Å². The third kappa shape index (κ3) is 2.46. The molecule has 3 rings (SSSR count). The van der Waals surface area contributed by atoms with E-state index in [-0.39, 0.29) is 6.04 Å². The van der Waals surface area contributed by atoms with Crippen molar-refractivity contribution in [3.05, 3.63) is 46.2 Å². The lowest BCUT2D eigenvalue weighted by molar-refractivity contribution is -0.108. The van der Waals surface area contributed by atoms with Crippen molar-refractivity contribution >= 4 is 35.3 Å². The van der Waals surface area contributed by atoms with Crippen LogP contribution >= 0.6 is 23.2 Å². The molecule has 0 fully saturated rings. The summed E-state index contributed by atoms with van der Waals surface area (Å²) >= 11 is 12.4. The lowest BCUT2D eigenvalue weighted by atomic mass is 10.0. The van der Waals surface area contributed by atoms with Gasteiger partial charge in [0.1, 0.15) is 18.0 Å². The molecule has 0 bridgehead atoms. The van der Waals surface area contributed by atoms with Crippen molar-refractivity contribution in [1.29, 1.82) is 0 Å². The fourth-order valence-corrected chi connectivity index (χ4v) is 3.12. The molecule has 22 heavy (non-hydrogen) atoms. The molecule has 1 aliphatic heterocycles. The summed E-state index contributed by atoms with van der Waals surface area (Å²) in [6.45, 7) is 0.300. The first-order valence-electron chi connectivity index (χ1n) is 6.49. The maximum atomic E-state index is 11.6. The second kappa shape index (κ2) is 6.02. The quantitative estimate of drug-likeness (QED) is 0.804. The minimum absolute atomic E-state index is 0.300. The Kier molecular flexibility index (Phi) is 4.09. The van der Waals surface area contributed by atoms with Crippen molar-refractivity contribution in [2.45, 2.75) is 6.04 Å². The number of anilines is 1. The van der Waals surface area contributed by atoms with Crippen LogP contribution in [0.5, 0.6) is 11.5 Å². The van der Waals surface area contributed by atoms with E-state index in [1.54, 1.807) is 35.5 Å². The topological polar surface area (TPSA) is 51.7 Å². The van der Waals surface area contributed by atoms with Gasteiger partial charge in [0.25, 0.3) is 0 Å². The van der Waals surface area contributed by atoms with Crippen molar-refractivity contribution in [2.75, 3.05) is 18.6 Å². The number of pyridine rings is 1. The Morgan fingerprint density at radius 1 is 1.41 bits per heavy atom. The zero-order valence-corrected chi connectivity index (χ0v) is 13.1. The summed E-state index contributed by atoms with van der Waals surface area (Å²) in [5.41, 5.74) is 1.37. The number of halogens is 2. The highest BCUT2D eigenvalue weighted by Crippen LogP contribution is 2.41. The first-order chi connectivity index (χ1) is 10.7. The van der Waals surface area contributed by atoms with Gasteiger partial charge in [-0.15, -0.1) is 0 Å². The molecule has 0 N–H and O–H groups in total. The number of carbonyl (C=O) groups is 1. The number of carbonyl (C=O) groups excluding carboxylic acids is 1. The number of hydrogen-bond donors (Lipinski definition) is 0. The third-order valence-corrected chi connectivity index (χ3v) is 4.06. The van der Waals surface area contributed by atoms with Crippen LogP contribution in [0.15, 0.2) is 30.6 Å². The molecule has 0 spiro atoms. The lowest BCUT2D eigenvalue weighted by Crippen LogP contribution is -2.35. The van der Waals surface area contributed by atoms with Gasteiger partial charge >= 0.3 is 0 Å². The van der Waals surface area contributed by atoms with E-state index in [0.29, 0.717) is 33.8 Å². The SMILES string of the molecule is COc1c(Cl)cc(C2COc3ccncc3N2C=O)cc1Cl. The van der Waals surface area contributed by atoms with E-state index < -0.39 is 0 Å². The molecule has 1 atom stereocenters. The van der Waals surface area contributed by atoms with E-state index >= 15 is 0 Å².